The third-order valence-electron chi connectivity index (χ3n) is 4.26. The highest BCUT2D eigenvalue weighted by Crippen LogP contribution is 2.30. The molecule has 22 heavy (non-hydrogen) atoms. The fourth-order valence-electron chi connectivity index (χ4n) is 3.08. The van der Waals surface area contributed by atoms with Crippen LogP contribution in [0.5, 0.6) is 0 Å². The zero-order chi connectivity index (χ0) is 15.4. The van der Waals surface area contributed by atoms with Gasteiger partial charge in [0.2, 0.25) is 0 Å². The molecule has 0 fully saturated rings. The topological polar surface area (TPSA) is 23.5 Å². The van der Waals surface area contributed by atoms with Crippen LogP contribution in [0.1, 0.15) is 19.3 Å². The summed E-state index contributed by atoms with van der Waals surface area (Å²) < 4.78 is 0. The van der Waals surface area contributed by atoms with Crippen LogP contribution in [0.3, 0.4) is 0 Å². The van der Waals surface area contributed by atoms with Crippen molar-refractivity contribution in [3.63, 3.8) is 0 Å². The van der Waals surface area contributed by atoms with Crippen molar-refractivity contribution in [2.45, 2.75) is 32.1 Å². The Bertz CT molecular complexity index is 628. The van der Waals surface area contributed by atoms with E-state index in [0.29, 0.717) is 6.04 Å². The maximum Gasteiger partial charge on any atom is 0.320 e. The van der Waals surface area contributed by atoms with E-state index in [0.717, 1.165) is 24.7 Å². The minimum atomic E-state index is -0.390. The quantitative estimate of drug-likeness (QED) is 0.843. The number of rotatable bonds is 4. The molecule has 1 aromatic rings. The molecule has 0 saturated carbocycles. The summed E-state index contributed by atoms with van der Waals surface area (Å²) in [4.78, 5) is 2.43. The standard InChI is InChI=1S/C19H22BNO/c1-20(22)16-12-14-19(15-13-16)21(17-8-4-2-5-9-17)18-10-6-3-7-11-18/h2-6,8-10,12-14,19,22H,7,11,15H2,1H3. The van der Waals surface area contributed by atoms with Crippen LogP contribution in [0, 0.1) is 0 Å². The first-order valence-electron chi connectivity index (χ1n) is 8.02. The third kappa shape index (κ3) is 3.25. The van der Waals surface area contributed by atoms with Gasteiger partial charge in [0.15, 0.2) is 0 Å². The molecule has 3 heteroatoms. The van der Waals surface area contributed by atoms with Crippen LogP contribution >= 0.6 is 0 Å². The van der Waals surface area contributed by atoms with Gasteiger partial charge < -0.3 is 9.92 Å². The summed E-state index contributed by atoms with van der Waals surface area (Å²) in [5.74, 6) is 0. The first-order chi connectivity index (χ1) is 10.8. The second-order valence-electron chi connectivity index (χ2n) is 5.87. The first kappa shape index (κ1) is 14.9. The summed E-state index contributed by atoms with van der Waals surface area (Å²) in [6, 6.07) is 10.9. The average Bonchev–Trinajstić information content (AvgIpc) is 2.57. The Morgan fingerprint density at radius 3 is 2.64 bits per heavy atom. The van der Waals surface area contributed by atoms with Crippen LogP contribution in [-0.4, -0.2) is 18.0 Å². The molecular formula is C19H22BNO. The van der Waals surface area contributed by atoms with Crippen LogP contribution in [0.15, 0.2) is 78.0 Å². The van der Waals surface area contributed by atoms with Gasteiger partial charge in [-0.05, 0) is 37.5 Å². The second kappa shape index (κ2) is 6.84. The second-order valence-corrected chi connectivity index (χ2v) is 5.87. The van der Waals surface area contributed by atoms with Crippen LogP contribution in [0.25, 0.3) is 0 Å². The molecule has 2 aliphatic rings. The predicted octanol–water partition coefficient (Wildman–Crippen LogP) is 4.13. The molecule has 1 N–H and O–H groups in total. The van der Waals surface area contributed by atoms with E-state index in [9.17, 15) is 5.02 Å². The Hall–Kier alpha value is -2.00. The van der Waals surface area contributed by atoms with Crippen LogP contribution in [0.2, 0.25) is 6.82 Å². The third-order valence-corrected chi connectivity index (χ3v) is 4.26. The highest BCUT2D eigenvalue weighted by molar-refractivity contribution is 6.58. The summed E-state index contributed by atoms with van der Waals surface area (Å²) in [7, 11) is 0. The SMILES string of the molecule is CB(O)C1=CCC(N(C2=CC=CCC2)c2ccccc2)C=C1. The molecule has 1 unspecified atom stereocenters. The molecule has 0 spiro atoms. The molecule has 0 saturated heterocycles. The molecule has 3 rings (SSSR count). The Morgan fingerprint density at radius 2 is 2.05 bits per heavy atom. The zero-order valence-corrected chi connectivity index (χ0v) is 13.0. The van der Waals surface area contributed by atoms with Gasteiger partial charge in [-0.3, -0.25) is 0 Å². The summed E-state index contributed by atoms with van der Waals surface area (Å²) in [6.45, 7) is 1.43. The normalized spacial score (nSPS) is 20.4. The van der Waals surface area contributed by atoms with Gasteiger partial charge >= 0.3 is 6.92 Å². The van der Waals surface area contributed by atoms with E-state index in [1.807, 2.05) is 6.82 Å². The highest BCUT2D eigenvalue weighted by Gasteiger charge is 2.23. The summed E-state index contributed by atoms with van der Waals surface area (Å²) >= 11 is 0. The zero-order valence-electron chi connectivity index (χ0n) is 13.0. The van der Waals surface area contributed by atoms with Crippen LogP contribution in [-0.2, 0) is 0 Å². The van der Waals surface area contributed by atoms with Gasteiger partial charge in [-0.2, -0.15) is 0 Å². The van der Waals surface area contributed by atoms with Gasteiger partial charge in [0.05, 0.1) is 6.04 Å². The van der Waals surface area contributed by atoms with Crippen molar-refractivity contribution in [3.05, 3.63) is 78.0 Å². The van der Waals surface area contributed by atoms with Crippen molar-refractivity contribution in [3.8, 4) is 0 Å². The fraction of sp³-hybridized carbons (Fsp3) is 0.263. The van der Waals surface area contributed by atoms with Gasteiger partial charge in [-0.25, -0.2) is 0 Å². The van der Waals surface area contributed by atoms with E-state index in [1.165, 1.54) is 11.4 Å². The van der Waals surface area contributed by atoms with E-state index >= 15 is 0 Å². The Balaban J connectivity index is 1.89. The van der Waals surface area contributed by atoms with E-state index in [1.54, 1.807) is 0 Å². The number of anilines is 1. The fourth-order valence-corrected chi connectivity index (χ4v) is 3.08. The lowest BCUT2D eigenvalue weighted by atomic mass is 9.62. The van der Waals surface area contributed by atoms with Gasteiger partial charge in [0.1, 0.15) is 0 Å². The van der Waals surface area contributed by atoms with E-state index in [4.69, 9.17) is 0 Å². The van der Waals surface area contributed by atoms with Gasteiger partial charge in [0.25, 0.3) is 0 Å². The molecule has 1 atom stereocenters. The van der Waals surface area contributed by atoms with Crippen molar-refractivity contribution >= 4 is 12.6 Å². The maximum absolute atomic E-state index is 9.71. The molecule has 112 valence electrons. The van der Waals surface area contributed by atoms with Crippen molar-refractivity contribution in [2.24, 2.45) is 0 Å². The van der Waals surface area contributed by atoms with Crippen molar-refractivity contribution < 1.29 is 5.02 Å². The maximum atomic E-state index is 9.71. The summed E-state index contributed by atoms with van der Waals surface area (Å²) in [5, 5.41) is 9.71. The number of hydrogen-bond donors (Lipinski definition) is 1. The van der Waals surface area contributed by atoms with E-state index < -0.39 is 0 Å². The van der Waals surface area contributed by atoms with Crippen LogP contribution < -0.4 is 4.90 Å². The summed E-state index contributed by atoms with van der Waals surface area (Å²) in [6.07, 6.45) is 16.1. The molecule has 0 bridgehead atoms. The van der Waals surface area contributed by atoms with E-state index in [-0.39, 0.29) is 6.92 Å². The molecule has 1 aromatic carbocycles. The number of allylic oxidation sites excluding steroid dienone is 6. The minimum absolute atomic E-state index is 0.308. The number of nitrogens with zero attached hydrogens (tertiary/aromatic N) is 1. The minimum Gasteiger partial charge on any atom is -0.447 e. The Labute approximate surface area is 133 Å². The molecule has 0 aliphatic heterocycles. The average molecular weight is 291 g/mol. The predicted molar refractivity (Wildman–Crippen MR) is 94.8 cm³/mol. The highest BCUT2D eigenvalue weighted by atomic mass is 16.2. The van der Waals surface area contributed by atoms with Crippen LogP contribution in [0.4, 0.5) is 5.69 Å². The summed E-state index contributed by atoms with van der Waals surface area (Å²) in [5.41, 5.74) is 3.60. The van der Waals surface area contributed by atoms with Crippen molar-refractivity contribution in [1.82, 2.24) is 0 Å². The monoisotopic (exact) mass is 291 g/mol. The molecule has 0 amide bonds. The number of hydrogen-bond acceptors (Lipinski definition) is 2. The lowest BCUT2D eigenvalue weighted by Crippen LogP contribution is -2.34. The van der Waals surface area contributed by atoms with Gasteiger partial charge in [0, 0.05) is 11.4 Å². The lowest BCUT2D eigenvalue weighted by Gasteiger charge is -2.35. The molecule has 2 aliphatic carbocycles. The first-order valence-corrected chi connectivity index (χ1v) is 8.02. The number of benzene rings is 1. The van der Waals surface area contributed by atoms with Crippen molar-refractivity contribution in [1.29, 1.82) is 0 Å². The Kier molecular flexibility index (Phi) is 4.64. The van der Waals surface area contributed by atoms with Gasteiger partial charge in [-0.1, -0.05) is 60.9 Å². The molecular weight excluding hydrogens is 269 g/mol. The Morgan fingerprint density at radius 1 is 1.23 bits per heavy atom. The molecule has 0 heterocycles. The van der Waals surface area contributed by atoms with E-state index in [2.05, 4.69) is 71.7 Å². The lowest BCUT2D eigenvalue weighted by molar-refractivity contribution is 0.588. The van der Waals surface area contributed by atoms with Gasteiger partial charge in [-0.15, -0.1) is 0 Å². The largest absolute Gasteiger partial charge is 0.447 e. The smallest absolute Gasteiger partial charge is 0.320 e. The molecule has 0 radical (unpaired) electrons. The molecule has 2 nitrogen and oxygen atoms in total. The number of para-hydroxylation sites is 1. The van der Waals surface area contributed by atoms with Crippen molar-refractivity contribution in [2.75, 3.05) is 4.90 Å². The molecule has 0 aromatic heterocycles.